The van der Waals surface area contributed by atoms with Gasteiger partial charge in [-0.15, -0.1) is 0 Å². The van der Waals surface area contributed by atoms with Gasteiger partial charge in [0.25, 0.3) is 5.69 Å². The van der Waals surface area contributed by atoms with Gasteiger partial charge in [0.2, 0.25) is 5.91 Å². The number of amides is 1. The maximum Gasteiger partial charge on any atom is 0.365 e. The lowest BCUT2D eigenvalue weighted by Crippen LogP contribution is -2.43. The fraction of sp³-hybridized carbons (Fsp3) is 0.375. The zero-order chi connectivity index (χ0) is 25.8. The van der Waals surface area contributed by atoms with E-state index in [1.165, 1.54) is 12.1 Å². The van der Waals surface area contributed by atoms with Crippen LogP contribution in [0.15, 0.2) is 41.6 Å². The molecule has 2 saturated carbocycles. The van der Waals surface area contributed by atoms with Crippen LogP contribution in [0.2, 0.25) is 15.1 Å². The molecule has 2 unspecified atom stereocenters. The Morgan fingerprint density at radius 2 is 1.71 bits per heavy atom. The number of nitro benzene ring substituents is 1. The molecule has 1 amide bonds. The highest BCUT2D eigenvalue weighted by atomic mass is 35.5. The van der Waals surface area contributed by atoms with Crippen LogP contribution in [-0.4, -0.2) is 22.5 Å². The van der Waals surface area contributed by atoms with Crippen molar-refractivity contribution in [3.8, 4) is 0 Å². The number of anilines is 1. The number of carbonyl (C=O) groups is 2. The highest BCUT2D eigenvalue weighted by Gasteiger charge is 2.71. The van der Waals surface area contributed by atoms with E-state index in [9.17, 15) is 19.7 Å². The molecule has 0 heterocycles. The average molecular weight is 539 g/mol. The van der Waals surface area contributed by atoms with Gasteiger partial charge in [-0.05, 0) is 42.5 Å². The largest absolute Gasteiger partial charge is 0.365 e. The van der Waals surface area contributed by atoms with Gasteiger partial charge in [-0.25, -0.2) is 4.79 Å². The number of nitrogens with zero attached hydrogens (tertiary/aromatic N) is 2. The molecule has 2 aromatic rings. The van der Waals surface area contributed by atoms with Crippen LogP contribution in [-0.2, 0) is 9.63 Å². The zero-order valence-corrected chi connectivity index (χ0v) is 21.4. The van der Waals surface area contributed by atoms with Crippen molar-refractivity contribution in [1.29, 1.82) is 0 Å². The average Bonchev–Trinajstić information content (AvgIpc) is 3.10. The van der Waals surface area contributed by atoms with Crippen molar-refractivity contribution >= 4 is 63.8 Å². The van der Waals surface area contributed by atoms with Gasteiger partial charge in [0, 0.05) is 17.9 Å². The van der Waals surface area contributed by atoms with Crippen LogP contribution in [0.1, 0.15) is 50.4 Å². The van der Waals surface area contributed by atoms with E-state index in [1.807, 2.05) is 20.8 Å². The predicted molar refractivity (Wildman–Crippen MR) is 134 cm³/mol. The second kappa shape index (κ2) is 8.76. The molecule has 4 rings (SSSR count). The number of hydrogen-bond donors (Lipinski definition) is 1. The molecule has 184 valence electrons. The molecule has 11 heteroatoms. The van der Waals surface area contributed by atoms with Crippen molar-refractivity contribution in [2.24, 2.45) is 21.4 Å². The Bertz CT molecular complexity index is 1270. The van der Waals surface area contributed by atoms with E-state index in [0.29, 0.717) is 34.3 Å². The van der Waals surface area contributed by atoms with E-state index in [-0.39, 0.29) is 22.9 Å². The smallest absolute Gasteiger partial charge is 0.323 e. The Labute approximate surface area is 216 Å². The lowest BCUT2D eigenvalue weighted by atomic mass is 9.64. The summed E-state index contributed by atoms with van der Waals surface area (Å²) in [4.78, 5) is 41.8. The molecule has 2 aliphatic carbocycles. The van der Waals surface area contributed by atoms with Crippen LogP contribution in [0.3, 0.4) is 0 Å². The lowest BCUT2D eigenvalue weighted by Gasteiger charge is -2.39. The molecular formula is C24H22Cl3N3O5. The van der Waals surface area contributed by atoms with Crippen molar-refractivity contribution in [3.63, 3.8) is 0 Å². The maximum absolute atomic E-state index is 13.6. The summed E-state index contributed by atoms with van der Waals surface area (Å²) in [5.41, 5.74) is -1.40. The number of nitro groups is 1. The number of benzene rings is 2. The van der Waals surface area contributed by atoms with Gasteiger partial charge >= 0.3 is 5.97 Å². The molecule has 2 bridgehead atoms. The van der Waals surface area contributed by atoms with Gasteiger partial charge in [0.15, 0.2) is 0 Å². The number of fused-ring (bicyclic) bond motifs is 2. The Morgan fingerprint density at radius 1 is 1.06 bits per heavy atom. The van der Waals surface area contributed by atoms with Crippen LogP contribution in [0.25, 0.3) is 0 Å². The summed E-state index contributed by atoms with van der Waals surface area (Å²) in [6, 6.07) is 8.61. The standard InChI is InChI=1S/C24H22Cl3N3O5/c1-22(2)23(3)9-10-24(22,21(32)28-19-15(26)5-4-6-16(19)27)12-18(23)29-35-20(31)13-7-8-14(25)17(11-13)30(33)34/h4-8,11H,9-10,12H2,1-3H3,(H,28,32). The van der Waals surface area contributed by atoms with Gasteiger partial charge in [-0.3, -0.25) is 14.9 Å². The summed E-state index contributed by atoms with van der Waals surface area (Å²) in [7, 11) is 0. The van der Waals surface area contributed by atoms with E-state index in [1.54, 1.807) is 18.2 Å². The van der Waals surface area contributed by atoms with Gasteiger partial charge in [0.1, 0.15) is 5.02 Å². The third-order valence-electron chi connectivity index (χ3n) is 7.99. The van der Waals surface area contributed by atoms with Gasteiger partial charge in [0.05, 0.1) is 37.3 Å². The number of hydrogen-bond acceptors (Lipinski definition) is 6. The molecule has 2 atom stereocenters. The van der Waals surface area contributed by atoms with Crippen molar-refractivity contribution in [2.45, 2.75) is 40.0 Å². The fourth-order valence-corrected chi connectivity index (χ4v) is 5.98. The first-order valence-electron chi connectivity index (χ1n) is 10.8. The topological polar surface area (TPSA) is 111 Å². The number of rotatable bonds is 5. The van der Waals surface area contributed by atoms with Crippen molar-refractivity contribution < 1.29 is 19.3 Å². The van der Waals surface area contributed by atoms with Crippen LogP contribution in [0.5, 0.6) is 0 Å². The Balaban J connectivity index is 1.61. The zero-order valence-electron chi connectivity index (χ0n) is 19.2. The van der Waals surface area contributed by atoms with Crippen LogP contribution >= 0.6 is 34.8 Å². The van der Waals surface area contributed by atoms with Crippen LogP contribution in [0, 0.1) is 26.4 Å². The quantitative estimate of drug-likeness (QED) is 0.252. The van der Waals surface area contributed by atoms with Crippen molar-refractivity contribution in [3.05, 3.63) is 67.1 Å². The summed E-state index contributed by atoms with van der Waals surface area (Å²) in [5.74, 6) is -1.09. The predicted octanol–water partition coefficient (Wildman–Crippen LogP) is 6.92. The third-order valence-corrected chi connectivity index (χ3v) is 8.94. The molecule has 2 aromatic carbocycles. The first-order valence-corrected chi connectivity index (χ1v) is 12.0. The van der Waals surface area contributed by atoms with Gasteiger partial charge < -0.3 is 10.2 Å². The Kier molecular flexibility index (Phi) is 6.36. The Hall–Kier alpha value is -2.68. The number of carbonyl (C=O) groups excluding carboxylic acids is 2. The van der Waals surface area contributed by atoms with E-state index in [0.717, 1.165) is 6.07 Å². The summed E-state index contributed by atoms with van der Waals surface area (Å²) in [5, 5.41) is 18.7. The van der Waals surface area contributed by atoms with Crippen molar-refractivity contribution in [2.75, 3.05) is 5.32 Å². The third kappa shape index (κ3) is 3.88. The van der Waals surface area contributed by atoms with Crippen LogP contribution < -0.4 is 5.32 Å². The van der Waals surface area contributed by atoms with Crippen molar-refractivity contribution in [1.82, 2.24) is 0 Å². The normalized spacial score (nSPS) is 25.5. The number of para-hydroxylation sites is 1. The van der Waals surface area contributed by atoms with Crippen LogP contribution in [0.4, 0.5) is 11.4 Å². The molecule has 0 saturated heterocycles. The Morgan fingerprint density at radius 3 is 2.34 bits per heavy atom. The molecule has 0 spiro atoms. The second-order valence-electron chi connectivity index (χ2n) is 9.61. The molecule has 0 aliphatic heterocycles. The molecule has 35 heavy (non-hydrogen) atoms. The highest BCUT2D eigenvalue weighted by molar-refractivity contribution is 6.39. The van der Waals surface area contributed by atoms with E-state index in [4.69, 9.17) is 39.6 Å². The van der Waals surface area contributed by atoms with E-state index < -0.39 is 32.8 Å². The van der Waals surface area contributed by atoms with Gasteiger partial charge in [-0.1, -0.05) is 66.8 Å². The number of nitrogens with one attached hydrogen (secondary N) is 1. The molecule has 0 radical (unpaired) electrons. The summed E-state index contributed by atoms with van der Waals surface area (Å²) < 4.78 is 0. The second-order valence-corrected chi connectivity index (χ2v) is 10.8. The lowest BCUT2D eigenvalue weighted by molar-refractivity contribution is -0.384. The molecule has 8 nitrogen and oxygen atoms in total. The fourth-order valence-electron chi connectivity index (χ4n) is 5.30. The van der Waals surface area contributed by atoms with E-state index >= 15 is 0 Å². The van der Waals surface area contributed by atoms with Gasteiger partial charge in [-0.2, -0.15) is 0 Å². The summed E-state index contributed by atoms with van der Waals surface area (Å²) in [6.07, 6.45) is 1.55. The number of halogens is 3. The first-order chi connectivity index (χ1) is 16.3. The van der Waals surface area contributed by atoms with E-state index in [2.05, 4.69) is 10.5 Å². The minimum absolute atomic E-state index is 0.0566. The highest BCUT2D eigenvalue weighted by Crippen LogP contribution is 2.71. The maximum atomic E-state index is 13.6. The molecular weight excluding hydrogens is 517 g/mol. The first kappa shape index (κ1) is 25.4. The molecule has 0 aromatic heterocycles. The summed E-state index contributed by atoms with van der Waals surface area (Å²) >= 11 is 18.3. The molecule has 2 aliphatic rings. The monoisotopic (exact) mass is 537 g/mol. The molecule has 2 fully saturated rings. The minimum atomic E-state index is -0.859. The minimum Gasteiger partial charge on any atom is -0.323 e. The SMILES string of the molecule is CC12CCC(C(=O)Nc3c(Cl)cccc3Cl)(CC1=NOC(=O)c1ccc(Cl)c([N+](=O)[O-])c1)C2(C)C. The summed E-state index contributed by atoms with van der Waals surface area (Å²) in [6.45, 7) is 6.00. The number of oxime groups is 1. The molecule has 1 N–H and O–H groups in total.